The first kappa shape index (κ1) is 9.88. The van der Waals surface area contributed by atoms with Crippen LogP contribution in [0.3, 0.4) is 0 Å². The van der Waals surface area contributed by atoms with Crippen molar-refractivity contribution in [3.8, 4) is 0 Å². The predicted octanol–water partition coefficient (Wildman–Crippen LogP) is -0.932. The van der Waals surface area contributed by atoms with Crippen LogP contribution in [-0.2, 0) is 11.2 Å². The summed E-state index contributed by atoms with van der Waals surface area (Å²) in [4.78, 5) is 18.1. The summed E-state index contributed by atoms with van der Waals surface area (Å²) in [5, 5.41) is 2.91. The van der Waals surface area contributed by atoms with Crippen molar-refractivity contribution in [3.05, 3.63) is 18.2 Å². The van der Waals surface area contributed by atoms with Gasteiger partial charge in [-0.05, 0) is 7.05 Å². The highest BCUT2D eigenvalue weighted by molar-refractivity contribution is 5.85. The molecule has 1 rings (SSSR count). The number of Topliss-reactive ketones (excluding diaryl/α,β-unsaturated/α-hetero) is 1. The number of hydrogen-bond donors (Lipinski definition) is 3. The SMILES string of the molecule is CN[C@@H](Cc1c[nH]cn1)C(=O)CN. The molecular weight excluding hydrogens is 168 g/mol. The monoisotopic (exact) mass is 182 g/mol. The van der Waals surface area contributed by atoms with E-state index in [0.29, 0.717) is 6.42 Å². The molecule has 0 spiro atoms. The largest absolute Gasteiger partial charge is 0.351 e. The molecule has 0 fully saturated rings. The van der Waals surface area contributed by atoms with Crippen molar-refractivity contribution < 1.29 is 4.79 Å². The highest BCUT2D eigenvalue weighted by Gasteiger charge is 2.15. The molecule has 0 saturated carbocycles. The van der Waals surface area contributed by atoms with Gasteiger partial charge in [-0.1, -0.05) is 0 Å². The summed E-state index contributed by atoms with van der Waals surface area (Å²) in [7, 11) is 1.74. The average molecular weight is 182 g/mol. The van der Waals surface area contributed by atoms with Crippen LogP contribution in [0.4, 0.5) is 0 Å². The maximum absolute atomic E-state index is 11.2. The molecule has 0 radical (unpaired) electrons. The minimum Gasteiger partial charge on any atom is -0.351 e. The Bertz CT molecular complexity index is 257. The number of ketones is 1. The number of likely N-dealkylation sites (N-methyl/N-ethyl adjacent to an activating group) is 1. The van der Waals surface area contributed by atoms with E-state index in [2.05, 4.69) is 15.3 Å². The van der Waals surface area contributed by atoms with Crippen LogP contribution in [0.2, 0.25) is 0 Å². The van der Waals surface area contributed by atoms with Gasteiger partial charge in [-0.3, -0.25) is 4.79 Å². The van der Waals surface area contributed by atoms with E-state index >= 15 is 0 Å². The lowest BCUT2D eigenvalue weighted by Gasteiger charge is -2.11. The highest BCUT2D eigenvalue weighted by atomic mass is 16.1. The zero-order valence-electron chi connectivity index (χ0n) is 7.58. The summed E-state index contributed by atoms with van der Waals surface area (Å²) in [6.45, 7) is 0.0654. The van der Waals surface area contributed by atoms with Crippen LogP contribution in [0, 0.1) is 0 Å². The van der Waals surface area contributed by atoms with Crippen LogP contribution in [0.25, 0.3) is 0 Å². The third-order valence-electron chi connectivity index (χ3n) is 1.91. The molecule has 72 valence electrons. The molecular formula is C8H14N4O. The molecule has 0 aromatic carbocycles. The van der Waals surface area contributed by atoms with E-state index in [1.54, 1.807) is 19.6 Å². The van der Waals surface area contributed by atoms with Gasteiger partial charge in [-0.2, -0.15) is 0 Å². The van der Waals surface area contributed by atoms with E-state index in [9.17, 15) is 4.79 Å². The zero-order chi connectivity index (χ0) is 9.68. The molecule has 0 aliphatic rings. The Balaban J connectivity index is 2.54. The first-order chi connectivity index (χ1) is 6.27. The Hall–Kier alpha value is -1.20. The second kappa shape index (κ2) is 4.74. The lowest BCUT2D eigenvalue weighted by Crippen LogP contribution is -2.39. The number of hydrogen-bond acceptors (Lipinski definition) is 4. The van der Waals surface area contributed by atoms with Crippen molar-refractivity contribution in [1.82, 2.24) is 15.3 Å². The first-order valence-corrected chi connectivity index (χ1v) is 4.15. The molecule has 0 unspecified atom stereocenters. The van der Waals surface area contributed by atoms with Gasteiger partial charge in [-0.15, -0.1) is 0 Å². The molecule has 1 aromatic heterocycles. The summed E-state index contributed by atoms with van der Waals surface area (Å²) < 4.78 is 0. The molecule has 5 heteroatoms. The van der Waals surface area contributed by atoms with Crippen LogP contribution in [-0.4, -0.2) is 35.4 Å². The minimum absolute atomic E-state index is 0.00509. The second-order valence-electron chi connectivity index (χ2n) is 2.78. The molecule has 0 aliphatic heterocycles. The standard InChI is InChI=1S/C8H14N4O/c1-10-7(8(13)3-9)2-6-4-11-5-12-6/h4-5,7,10H,2-3,9H2,1H3,(H,11,12)/t7-/m0/s1. The van der Waals surface area contributed by atoms with Crippen molar-refractivity contribution in [3.63, 3.8) is 0 Å². The van der Waals surface area contributed by atoms with E-state index in [0.717, 1.165) is 5.69 Å². The summed E-state index contributed by atoms with van der Waals surface area (Å²) in [5.74, 6) is 0.00509. The summed E-state index contributed by atoms with van der Waals surface area (Å²) in [6, 6.07) is -0.228. The number of aromatic amines is 1. The average Bonchev–Trinajstić information content (AvgIpc) is 2.65. The fourth-order valence-corrected chi connectivity index (χ4v) is 1.13. The van der Waals surface area contributed by atoms with Gasteiger partial charge < -0.3 is 16.0 Å². The van der Waals surface area contributed by atoms with E-state index < -0.39 is 0 Å². The number of aromatic nitrogens is 2. The number of H-pyrrole nitrogens is 1. The summed E-state index contributed by atoms with van der Waals surface area (Å²) in [6.07, 6.45) is 3.94. The molecule has 0 amide bonds. The highest BCUT2D eigenvalue weighted by Crippen LogP contribution is 1.98. The van der Waals surface area contributed by atoms with Gasteiger partial charge in [0, 0.05) is 12.6 Å². The van der Waals surface area contributed by atoms with Crippen LogP contribution < -0.4 is 11.1 Å². The van der Waals surface area contributed by atoms with Gasteiger partial charge in [0.05, 0.1) is 24.6 Å². The number of nitrogens with two attached hydrogens (primary N) is 1. The fourth-order valence-electron chi connectivity index (χ4n) is 1.13. The van der Waals surface area contributed by atoms with E-state index in [-0.39, 0.29) is 18.4 Å². The lowest BCUT2D eigenvalue weighted by atomic mass is 10.1. The van der Waals surface area contributed by atoms with E-state index in [1.165, 1.54) is 0 Å². The maximum Gasteiger partial charge on any atom is 0.163 e. The Kier molecular flexibility index (Phi) is 3.60. The number of nitrogens with one attached hydrogen (secondary N) is 2. The molecule has 4 N–H and O–H groups in total. The van der Waals surface area contributed by atoms with Crippen molar-refractivity contribution in [2.24, 2.45) is 5.73 Å². The van der Waals surface area contributed by atoms with Crippen LogP contribution in [0.5, 0.6) is 0 Å². The Labute approximate surface area is 76.7 Å². The molecule has 1 aromatic rings. The molecule has 0 bridgehead atoms. The summed E-state index contributed by atoms with van der Waals surface area (Å²) >= 11 is 0. The first-order valence-electron chi connectivity index (χ1n) is 4.15. The van der Waals surface area contributed by atoms with Crippen LogP contribution >= 0.6 is 0 Å². The zero-order valence-corrected chi connectivity index (χ0v) is 7.58. The van der Waals surface area contributed by atoms with Gasteiger partial charge in [0.15, 0.2) is 5.78 Å². The predicted molar refractivity (Wildman–Crippen MR) is 49.2 cm³/mol. The van der Waals surface area contributed by atoms with Gasteiger partial charge in [-0.25, -0.2) is 4.98 Å². The third kappa shape index (κ3) is 2.64. The number of carbonyl (C=O) groups excluding carboxylic acids is 1. The minimum atomic E-state index is -0.228. The molecule has 0 saturated heterocycles. The normalized spacial score (nSPS) is 12.8. The Morgan fingerprint density at radius 2 is 2.62 bits per heavy atom. The van der Waals surface area contributed by atoms with Gasteiger partial charge >= 0.3 is 0 Å². The lowest BCUT2D eigenvalue weighted by molar-refractivity contribution is -0.119. The summed E-state index contributed by atoms with van der Waals surface area (Å²) in [5.41, 5.74) is 6.12. The van der Waals surface area contributed by atoms with Crippen LogP contribution in [0.1, 0.15) is 5.69 Å². The smallest absolute Gasteiger partial charge is 0.163 e. The molecule has 13 heavy (non-hydrogen) atoms. The Morgan fingerprint density at radius 3 is 3.08 bits per heavy atom. The van der Waals surface area contributed by atoms with Crippen molar-refractivity contribution in [2.75, 3.05) is 13.6 Å². The van der Waals surface area contributed by atoms with E-state index in [1.807, 2.05) is 0 Å². The van der Waals surface area contributed by atoms with E-state index in [4.69, 9.17) is 5.73 Å². The number of rotatable bonds is 5. The molecule has 5 nitrogen and oxygen atoms in total. The van der Waals surface area contributed by atoms with Crippen molar-refractivity contribution in [1.29, 1.82) is 0 Å². The van der Waals surface area contributed by atoms with Crippen molar-refractivity contribution >= 4 is 5.78 Å². The van der Waals surface area contributed by atoms with Gasteiger partial charge in [0.25, 0.3) is 0 Å². The second-order valence-corrected chi connectivity index (χ2v) is 2.78. The maximum atomic E-state index is 11.2. The fraction of sp³-hybridized carbons (Fsp3) is 0.500. The number of nitrogens with zero attached hydrogens (tertiary/aromatic N) is 1. The third-order valence-corrected chi connectivity index (χ3v) is 1.91. The molecule has 1 heterocycles. The molecule has 0 aliphatic carbocycles. The Morgan fingerprint density at radius 1 is 1.85 bits per heavy atom. The van der Waals surface area contributed by atoms with Crippen molar-refractivity contribution in [2.45, 2.75) is 12.5 Å². The topological polar surface area (TPSA) is 83.8 Å². The molecule has 1 atom stereocenters. The van der Waals surface area contributed by atoms with Gasteiger partial charge in [0.2, 0.25) is 0 Å². The van der Waals surface area contributed by atoms with Crippen LogP contribution in [0.15, 0.2) is 12.5 Å². The van der Waals surface area contributed by atoms with Gasteiger partial charge in [0.1, 0.15) is 0 Å². The quantitative estimate of drug-likeness (QED) is 0.549. The number of carbonyl (C=O) groups is 1. The number of imidazole rings is 1.